The van der Waals surface area contributed by atoms with Gasteiger partial charge in [-0.2, -0.15) is 4.98 Å². The summed E-state index contributed by atoms with van der Waals surface area (Å²) in [7, 11) is 1.25. The zero-order valence-corrected chi connectivity index (χ0v) is 16.2. The number of aromatic nitrogens is 4. The molecule has 1 aliphatic rings. The number of nitrogens with two attached hydrogens (primary N) is 1. The number of hydrogen-bond acceptors (Lipinski definition) is 9. The molecule has 5 heterocycles. The molecule has 0 aliphatic carbocycles. The fourth-order valence-electron chi connectivity index (χ4n) is 3.64. The Morgan fingerprint density at radius 2 is 1.97 bits per heavy atom. The average Bonchev–Trinajstić information content (AvgIpc) is 3.32. The molecule has 0 saturated heterocycles. The molecule has 10 nitrogen and oxygen atoms in total. The molecule has 4 aromatic rings. The summed E-state index contributed by atoms with van der Waals surface area (Å²) < 4.78 is 17.6. The van der Waals surface area contributed by atoms with Crippen molar-refractivity contribution in [2.75, 3.05) is 12.8 Å². The molecular weight excluding hydrogens is 402 g/mol. The largest absolute Gasteiger partial charge is 0.465 e. The summed E-state index contributed by atoms with van der Waals surface area (Å²) in [5.41, 5.74) is 6.86. The second-order valence-corrected chi connectivity index (χ2v) is 6.71. The fraction of sp³-hybridized carbons (Fsp3) is 0.0952. The van der Waals surface area contributed by atoms with Crippen molar-refractivity contribution < 1.29 is 18.4 Å². The van der Waals surface area contributed by atoms with Gasteiger partial charge in [-0.1, -0.05) is 12.1 Å². The number of carbonyl (C=O) groups excluding carboxylic acids is 1. The number of fused-ring (bicyclic) bond motifs is 3. The van der Waals surface area contributed by atoms with Gasteiger partial charge in [0.05, 0.1) is 13.0 Å². The Kier molecular flexibility index (Phi) is 4.25. The second-order valence-electron chi connectivity index (χ2n) is 6.71. The highest BCUT2D eigenvalue weighted by Crippen LogP contribution is 2.38. The van der Waals surface area contributed by atoms with E-state index in [1.807, 2.05) is 0 Å². The summed E-state index contributed by atoms with van der Waals surface area (Å²) in [6.45, 7) is 0. The van der Waals surface area contributed by atoms with Gasteiger partial charge in [-0.15, -0.1) is 0 Å². The Labute approximate surface area is 173 Å². The van der Waals surface area contributed by atoms with Crippen LogP contribution in [0.3, 0.4) is 0 Å². The molecule has 0 radical (unpaired) electrons. The van der Waals surface area contributed by atoms with Gasteiger partial charge in [-0.25, -0.2) is 14.2 Å². The van der Waals surface area contributed by atoms with Gasteiger partial charge in [0.1, 0.15) is 16.6 Å². The van der Waals surface area contributed by atoms with Crippen molar-refractivity contribution >= 4 is 23.6 Å². The Balaban J connectivity index is 1.93. The van der Waals surface area contributed by atoms with Crippen molar-refractivity contribution in [3.63, 3.8) is 0 Å². The standard InChI is InChI=1S/C21H15N5O5/c1-29-20(28)15-14(12-5-3-7-24-10-12)16-18(31-21(22)25-16)26-13(19(27)30-17(15)26)8-11-4-2-6-23-9-11/h2-10,14H,1H3,(H2,22,25)/b13-8+/t14-/m1/s1. The molecule has 0 fully saturated rings. The number of esters is 1. The zero-order valence-electron chi connectivity index (χ0n) is 16.2. The third-order valence-electron chi connectivity index (χ3n) is 4.90. The third kappa shape index (κ3) is 2.92. The SMILES string of the molecule is COC(=O)C1=c2oc(=O)/c(=C\c3cccnc3)n2-c2oc(N)nc2[C@@H]1c1cccnc1. The molecule has 0 unspecified atom stereocenters. The van der Waals surface area contributed by atoms with Crippen LogP contribution in [0.25, 0.3) is 17.5 Å². The number of carbonyl (C=O) groups is 1. The van der Waals surface area contributed by atoms with Crippen LogP contribution in [0.4, 0.5) is 6.01 Å². The molecule has 4 aromatic heterocycles. The van der Waals surface area contributed by atoms with Gasteiger partial charge in [0, 0.05) is 24.8 Å². The van der Waals surface area contributed by atoms with Crippen molar-refractivity contribution in [3.05, 3.63) is 87.2 Å². The molecule has 10 heteroatoms. The second kappa shape index (κ2) is 7.10. The highest BCUT2D eigenvalue weighted by Gasteiger charge is 2.39. The van der Waals surface area contributed by atoms with Crippen LogP contribution in [0, 0.1) is 0 Å². The van der Waals surface area contributed by atoms with Crippen molar-refractivity contribution in [2.24, 2.45) is 0 Å². The van der Waals surface area contributed by atoms with Crippen LogP contribution >= 0.6 is 0 Å². The predicted molar refractivity (Wildman–Crippen MR) is 107 cm³/mol. The van der Waals surface area contributed by atoms with Gasteiger partial charge in [0.15, 0.2) is 0 Å². The van der Waals surface area contributed by atoms with Gasteiger partial charge in [-0.3, -0.25) is 9.97 Å². The quantitative estimate of drug-likeness (QED) is 0.459. The van der Waals surface area contributed by atoms with Gasteiger partial charge in [-0.05, 0) is 29.3 Å². The number of rotatable bonds is 3. The maximum atomic E-state index is 12.8. The molecule has 0 saturated carbocycles. The Morgan fingerprint density at radius 1 is 1.19 bits per heavy atom. The van der Waals surface area contributed by atoms with Crippen LogP contribution in [-0.4, -0.2) is 32.6 Å². The summed E-state index contributed by atoms with van der Waals surface area (Å²) in [5, 5.41) is 0.117. The van der Waals surface area contributed by atoms with Gasteiger partial charge in [0.25, 0.3) is 6.01 Å². The van der Waals surface area contributed by atoms with Crippen LogP contribution in [0.1, 0.15) is 22.7 Å². The highest BCUT2D eigenvalue weighted by atomic mass is 16.5. The van der Waals surface area contributed by atoms with Crippen molar-refractivity contribution in [1.29, 1.82) is 0 Å². The molecule has 154 valence electrons. The van der Waals surface area contributed by atoms with E-state index in [-0.39, 0.29) is 28.4 Å². The van der Waals surface area contributed by atoms with Crippen LogP contribution in [0.15, 0.2) is 62.7 Å². The van der Waals surface area contributed by atoms with E-state index in [0.29, 0.717) is 16.8 Å². The van der Waals surface area contributed by atoms with Crippen LogP contribution < -0.4 is 22.3 Å². The molecule has 0 bridgehead atoms. The van der Waals surface area contributed by atoms with E-state index >= 15 is 0 Å². The first-order chi connectivity index (χ1) is 15.1. The van der Waals surface area contributed by atoms with Gasteiger partial charge >= 0.3 is 11.6 Å². The summed E-state index contributed by atoms with van der Waals surface area (Å²) in [6, 6.07) is 6.88. The lowest BCUT2D eigenvalue weighted by Gasteiger charge is -2.21. The maximum Gasteiger partial charge on any atom is 0.362 e. The minimum atomic E-state index is -0.756. The number of methoxy groups -OCH3 is 1. The van der Waals surface area contributed by atoms with E-state index in [1.165, 1.54) is 11.7 Å². The number of nitrogens with zero attached hydrogens (tertiary/aromatic N) is 4. The molecule has 0 aromatic carbocycles. The molecule has 31 heavy (non-hydrogen) atoms. The normalized spacial score (nSPS) is 15.5. The van der Waals surface area contributed by atoms with Crippen LogP contribution in [0.2, 0.25) is 0 Å². The predicted octanol–water partition coefficient (Wildman–Crippen LogP) is 0.0887. The van der Waals surface area contributed by atoms with Crippen molar-refractivity contribution in [3.8, 4) is 5.88 Å². The molecule has 2 N–H and O–H groups in total. The number of anilines is 1. The summed E-state index contributed by atoms with van der Waals surface area (Å²) in [5.74, 6) is -1.26. The van der Waals surface area contributed by atoms with E-state index in [9.17, 15) is 9.59 Å². The van der Waals surface area contributed by atoms with Crippen molar-refractivity contribution in [2.45, 2.75) is 5.92 Å². The van der Waals surface area contributed by atoms with E-state index in [0.717, 1.165) is 0 Å². The zero-order chi connectivity index (χ0) is 21.5. The first kappa shape index (κ1) is 18.6. The smallest absolute Gasteiger partial charge is 0.362 e. The lowest BCUT2D eigenvalue weighted by molar-refractivity contribution is -0.134. The molecule has 5 rings (SSSR count). The number of hydrogen-bond donors (Lipinski definition) is 1. The molecule has 0 spiro atoms. The summed E-state index contributed by atoms with van der Waals surface area (Å²) >= 11 is 0. The Morgan fingerprint density at radius 3 is 2.65 bits per heavy atom. The molecule has 1 atom stereocenters. The number of oxazole rings is 2. The van der Waals surface area contributed by atoms with Gasteiger partial charge < -0.3 is 19.3 Å². The number of pyridine rings is 2. The topological polar surface area (TPSA) is 139 Å². The first-order valence-corrected chi connectivity index (χ1v) is 9.21. The van der Waals surface area contributed by atoms with E-state index in [1.54, 1.807) is 55.1 Å². The minimum Gasteiger partial charge on any atom is -0.465 e. The van der Waals surface area contributed by atoms with Crippen LogP contribution in [0.5, 0.6) is 0 Å². The van der Waals surface area contributed by atoms with Crippen LogP contribution in [-0.2, 0) is 9.53 Å². The van der Waals surface area contributed by atoms with E-state index < -0.39 is 17.5 Å². The first-order valence-electron chi connectivity index (χ1n) is 9.21. The Bertz CT molecular complexity index is 1470. The summed E-state index contributed by atoms with van der Waals surface area (Å²) in [6.07, 6.45) is 7.96. The van der Waals surface area contributed by atoms with E-state index in [4.69, 9.17) is 19.3 Å². The maximum absolute atomic E-state index is 12.8. The Hall–Kier alpha value is -4.47. The lowest BCUT2D eigenvalue weighted by atomic mass is 9.88. The van der Waals surface area contributed by atoms with Gasteiger partial charge in [0.2, 0.25) is 11.4 Å². The summed E-state index contributed by atoms with van der Waals surface area (Å²) in [4.78, 5) is 38.1. The molecule has 0 amide bonds. The third-order valence-corrected chi connectivity index (χ3v) is 4.90. The fourth-order valence-corrected chi connectivity index (χ4v) is 3.64. The average molecular weight is 417 g/mol. The molecular formula is C21H15N5O5. The monoisotopic (exact) mass is 417 g/mol. The van der Waals surface area contributed by atoms with E-state index in [2.05, 4.69) is 15.0 Å². The van der Waals surface area contributed by atoms with Crippen molar-refractivity contribution in [1.82, 2.24) is 19.5 Å². The highest BCUT2D eigenvalue weighted by molar-refractivity contribution is 6.12. The minimum absolute atomic E-state index is 0.0236. The molecule has 1 aliphatic heterocycles. The number of ether oxygens (including phenoxy) is 1. The lowest BCUT2D eigenvalue weighted by Crippen LogP contribution is -2.37. The number of nitrogen functional groups attached to an aromatic ring is 1.